The minimum absolute atomic E-state index is 0.0981. The molecule has 3 heteroatoms. The number of rotatable bonds is 3. The Balaban J connectivity index is 3.27. The van der Waals surface area contributed by atoms with E-state index < -0.39 is 11.4 Å². The van der Waals surface area contributed by atoms with Gasteiger partial charge in [-0.25, -0.2) is 0 Å². The summed E-state index contributed by atoms with van der Waals surface area (Å²) >= 11 is 0. The van der Waals surface area contributed by atoms with Crippen molar-refractivity contribution in [3.8, 4) is 0 Å². The predicted molar refractivity (Wildman–Crippen MR) is 61.9 cm³/mol. The highest BCUT2D eigenvalue weighted by Gasteiger charge is 2.48. The van der Waals surface area contributed by atoms with Gasteiger partial charge in [0.2, 0.25) is 0 Å². The van der Waals surface area contributed by atoms with Crippen molar-refractivity contribution in [2.45, 2.75) is 40.0 Å². The van der Waals surface area contributed by atoms with Gasteiger partial charge in [-0.2, -0.15) is 0 Å². The van der Waals surface area contributed by atoms with E-state index in [0.29, 0.717) is 6.42 Å². The van der Waals surface area contributed by atoms with Gasteiger partial charge in [0, 0.05) is 0 Å². The average Bonchev–Trinajstić information content (AvgIpc) is 2.27. The largest absolute Gasteiger partial charge is 0.468 e. The summed E-state index contributed by atoms with van der Waals surface area (Å²) in [6.45, 7) is 5.51. The lowest BCUT2D eigenvalue weighted by molar-refractivity contribution is -0.156. The van der Waals surface area contributed by atoms with E-state index in [9.17, 15) is 9.59 Å². The molecule has 0 spiro atoms. The van der Waals surface area contributed by atoms with Crippen molar-refractivity contribution >= 4 is 11.8 Å². The second-order valence-electron chi connectivity index (χ2n) is 4.66. The van der Waals surface area contributed by atoms with Crippen LogP contribution >= 0.6 is 0 Å². The summed E-state index contributed by atoms with van der Waals surface area (Å²) in [5, 5.41) is 0. The SMILES string of the molecule is COC(=O)C1(C(C)=O)CCCC=C1C(C)C. The molecule has 0 aromatic carbocycles. The lowest BCUT2D eigenvalue weighted by Gasteiger charge is -2.36. The smallest absolute Gasteiger partial charge is 0.323 e. The predicted octanol–water partition coefficient (Wildman–Crippen LogP) is 2.50. The molecule has 0 aromatic rings. The standard InChI is InChI=1S/C13H20O3/c1-9(2)11-7-5-6-8-13(11,10(3)14)12(15)16-4/h7,9H,5-6,8H2,1-4H3. The molecule has 1 atom stereocenters. The first-order valence-electron chi connectivity index (χ1n) is 5.76. The van der Waals surface area contributed by atoms with Crippen LogP contribution in [0.25, 0.3) is 0 Å². The lowest BCUT2D eigenvalue weighted by Crippen LogP contribution is -2.43. The number of esters is 1. The molecule has 16 heavy (non-hydrogen) atoms. The normalized spacial score (nSPS) is 25.2. The first kappa shape index (κ1) is 12.9. The van der Waals surface area contributed by atoms with Gasteiger partial charge in [-0.1, -0.05) is 19.9 Å². The molecule has 0 fully saturated rings. The van der Waals surface area contributed by atoms with E-state index >= 15 is 0 Å². The molecule has 0 saturated heterocycles. The number of Topliss-reactive ketones (excluding diaryl/α,β-unsaturated/α-hetero) is 1. The van der Waals surface area contributed by atoms with E-state index in [1.54, 1.807) is 0 Å². The summed E-state index contributed by atoms with van der Waals surface area (Å²) in [6, 6.07) is 0. The van der Waals surface area contributed by atoms with E-state index in [2.05, 4.69) is 0 Å². The number of carbonyl (C=O) groups excluding carboxylic acids is 2. The van der Waals surface area contributed by atoms with Gasteiger partial charge in [-0.05, 0) is 37.7 Å². The van der Waals surface area contributed by atoms with E-state index in [0.717, 1.165) is 18.4 Å². The molecule has 1 aliphatic rings. The maximum atomic E-state index is 12.0. The molecule has 0 heterocycles. The van der Waals surface area contributed by atoms with Crippen LogP contribution in [0.3, 0.4) is 0 Å². The summed E-state index contributed by atoms with van der Waals surface area (Å²) in [7, 11) is 1.35. The van der Waals surface area contributed by atoms with Crippen LogP contribution in [0.2, 0.25) is 0 Å². The quantitative estimate of drug-likeness (QED) is 0.420. The van der Waals surface area contributed by atoms with Crippen LogP contribution in [-0.2, 0) is 14.3 Å². The number of hydrogen-bond donors (Lipinski definition) is 0. The third-order valence-corrected chi connectivity index (χ3v) is 3.37. The van der Waals surface area contributed by atoms with Crippen molar-refractivity contribution < 1.29 is 14.3 Å². The Kier molecular flexibility index (Phi) is 3.89. The molecule has 0 aliphatic heterocycles. The van der Waals surface area contributed by atoms with Gasteiger partial charge in [0.15, 0.2) is 5.78 Å². The minimum atomic E-state index is -1.01. The molecule has 1 rings (SSSR count). The Bertz CT molecular complexity index is 328. The average molecular weight is 224 g/mol. The van der Waals surface area contributed by atoms with Crippen LogP contribution in [0.5, 0.6) is 0 Å². The molecule has 3 nitrogen and oxygen atoms in total. The zero-order valence-electron chi connectivity index (χ0n) is 10.5. The van der Waals surface area contributed by atoms with Crippen LogP contribution in [-0.4, -0.2) is 18.9 Å². The highest BCUT2D eigenvalue weighted by Crippen LogP contribution is 2.43. The van der Waals surface area contributed by atoms with E-state index in [4.69, 9.17) is 4.74 Å². The van der Waals surface area contributed by atoms with Crippen LogP contribution in [0.4, 0.5) is 0 Å². The van der Waals surface area contributed by atoms with Crippen molar-refractivity contribution in [2.75, 3.05) is 7.11 Å². The highest BCUT2D eigenvalue weighted by molar-refractivity contribution is 6.06. The van der Waals surface area contributed by atoms with Gasteiger partial charge in [0.1, 0.15) is 5.41 Å². The topological polar surface area (TPSA) is 43.4 Å². The second-order valence-corrected chi connectivity index (χ2v) is 4.66. The Morgan fingerprint density at radius 3 is 2.50 bits per heavy atom. The minimum Gasteiger partial charge on any atom is -0.468 e. The summed E-state index contributed by atoms with van der Waals surface area (Å²) in [5.74, 6) is -0.304. The molecule has 0 saturated carbocycles. The van der Waals surface area contributed by atoms with Crippen molar-refractivity contribution in [3.63, 3.8) is 0 Å². The number of ketones is 1. The molecular weight excluding hydrogens is 204 g/mol. The number of allylic oxidation sites excluding steroid dienone is 1. The van der Waals surface area contributed by atoms with E-state index in [1.165, 1.54) is 14.0 Å². The van der Waals surface area contributed by atoms with Crippen LogP contribution in [0.1, 0.15) is 40.0 Å². The fraction of sp³-hybridized carbons (Fsp3) is 0.692. The van der Waals surface area contributed by atoms with Gasteiger partial charge in [0.05, 0.1) is 7.11 Å². The van der Waals surface area contributed by atoms with Crippen LogP contribution in [0.15, 0.2) is 11.6 Å². The van der Waals surface area contributed by atoms with Gasteiger partial charge in [-0.3, -0.25) is 9.59 Å². The summed E-state index contributed by atoms with van der Waals surface area (Å²) in [6.07, 6.45) is 4.43. The van der Waals surface area contributed by atoms with Crippen molar-refractivity contribution in [2.24, 2.45) is 11.3 Å². The first-order chi connectivity index (χ1) is 7.46. The maximum Gasteiger partial charge on any atom is 0.323 e. The summed E-state index contributed by atoms with van der Waals surface area (Å²) in [5.41, 5.74) is -0.0839. The van der Waals surface area contributed by atoms with Gasteiger partial charge < -0.3 is 4.74 Å². The second kappa shape index (κ2) is 4.81. The van der Waals surface area contributed by atoms with Gasteiger partial charge >= 0.3 is 5.97 Å². The number of carbonyl (C=O) groups is 2. The molecule has 1 unspecified atom stereocenters. The molecule has 0 radical (unpaired) electrons. The van der Waals surface area contributed by atoms with E-state index in [-0.39, 0.29) is 11.7 Å². The lowest BCUT2D eigenvalue weighted by atomic mass is 9.66. The maximum absolute atomic E-state index is 12.0. The fourth-order valence-electron chi connectivity index (χ4n) is 2.59. The Labute approximate surface area is 96.9 Å². The Hall–Kier alpha value is -1.12. The molecule has 1 aliphatic carbocycles. The fourth-order valence-corrected chi connectivity index (χ4v) is 2.59. The first-order valence-corrected chi connectivity index (χ1v) is 5.76. The number of hydrogen-bond acceptors (Lipinski definition) is 3. The third kappa shape index (κ3) is 1.91. The zero-order chi connectivity index (χ0) is 12.3. The van der Waals surface area contributed by atoms with Crippen molar-refractivity contribution in [3.05, 3.63) is 11.6 Å². The molecule has 0 amide bonds. The van der Waals surface area contributed by atoms with Crippen molar-refractivity contribution in [1.29, 1.82) is 0 Å². The Morgan fingerprint density at radius 1 is 1.44 bits per heavy atom. The molecule has 0 aromatic heterocycles. The number of methoxy groups -OCH3 is 1. The molecule has 0 bridgehead atoms. The van der Waals surface area contributed by atoms with E-state index in [1.807, 2.05) is 19.9 Å². The zero-order valence-corrected chi connectivity index (χ0v) is 10.5. The van der Waals surface area contributed by atoms with Crippen molar-refractivity contribution in [1.82, 2.24) is 0 Å². The van der Waals surface area contributed by atoms with Crippen LogP contribution in [0, 0.1) is 11.3 Å². The highest BCUT2D eigenvalue weighted by atomic mass is 16.5. The van der Waals surface area contributed by atoms with Crippen LogP contribution < -0.4 is 0 Å². The van der Waals surface area contributed by atoms with Gasteiger partial charge in [-0.15, -0.1) is 0 Å². The number of ether oxygens (including phenoxy) is 1. The summed E-state index contributed by atoms with van der Waals surface area (Å²) in [4.78, 5) is 23.9. The third-order valence-electron chi connectivity index (χ3n) is 3.37. The van der Waals surface area contributed by atoms with Gasteiger partial charge in [0.25, 0.3) is 0 Å². The monoisotopic (exact) mass is 224 g/mol. The molecule has 90 valence electrons. The molecular formula is C13H20O3. The summed E-state index contributed by atoms with van der Waals surface area (Å²) < 4.78 is 4.83. The Morgan fingerprint density at radius 2 is 2.06 bits per heavy atom. The molecule has 0 N–H and O–H groups in total.